The third kappa shape index (κ3) is 3.38. The minimum absolute atomic E-state index is 0.0764. The molecule has 0 saturated heterocycles. The smallest absolute Gasteiger partial charge is 0.258 e. The number of nitrogens with one attached hydrogen (secondary N) is 1. The number of aromatic amines is 1. The molecule has 0 unspecified atom stereocenters. The highest BCUT2D eigenvalue weighted by Crippen LogP contribution is 2.37. The molecule has 1 aliphatic heterocycles. The first-order chi connectivity index (χ1) is 16.6. The monoisotopic (exact) mass is 454 g/mol. The van der Waals surface area contributed by atoms with Crippen LogP contribution in [0.3, 0.4) is 0 Å². The van der Waals surface area contributed by atoms with Crippen LogP contribution in [0.4, 0.5) is 0 Å². The lowest BCUT2D eigenvalue weighted by molar-refractivity contribution is 0.0675. The van der Waals surface area contributed by atoms with E-state index in [-0.39, 0.29) is 5.91 Å². The number of hydrogen-bond acceptors (Lipinski definition) is 5. The molecule has 172 valence electrons. The van der Waals surface area contributed by atoms with Gasteiger partial charge in [-0.1, -0.05) is 31.2 Å². The van der Waals surface area contributed by atoms with E-state index < -0.39 is 6.04 Å². The van der Waals surface area contributed by atoms with Crippen LogP contribution in [-0.4, -0.2) is 55.4 Å². The third-order valence-corrected chi connectivity index (χ3v) is 6.70. The zero-order valence-corrected chi connectivity index (χ0v) is 19.2. The van der Waals surface area contributed by atoms with Crippen molar-refractivity contribution in [2.24, 2.45) is 0 Å². The molecular weight excluding hydrogens is 428 g/mol. The summed E-state index contributed by atoms with van der Waals surface area (Å²) < 4.78 is 8.01. The van der Waals surface area contributed by atoms with Crippen LogP contribution in [0.1, 0.15) is 46.0 Å². The Morgan fingerprint density at radius 1 is 1.26 bits per heavy atom. The molecule has 0 radical (unpaired) electrons. The molecular formula is C26H26N6O2. The molecule has 8 nitrogen and oxygen atoms in total. The molecule has 0 bridgehead atoms. The molecule has 0 aliphatic carbocycles. The average Bonchev–Trinajstić information content (AvgIpc) is 3.60. The van der Waals surface area contributed by atoms with E-state index in [1.165, 1.54) is 0 Å². The van der Waals surface area contributed by atoms with Crippen LogP contribution in [0.5, 0.6) is 0 Å². The standard InChI is InChI=1S/C26H26N6O2/c1-3-30(2)14-17-8-9-21-19(13-29-32(21)15-17)26(33)31-11-10-20-24(28-16-27-20)25(31)23-12-18-6-4-5-7-22(18)34-23/h4-9,12-13,15-16,25H,3,10-11,14H2,1-2H3,(H,27,28)/t25-/m1/s1. The number of carbonyl (C=O) groups excluding carboxylic acids is 1. The van der Waals surface area contributed by atoms with Crippen LogP contribution in [0.25, 0.3) is 16.5 Å². The van der Waals surface area contributed by atoms with Crippen molar-refractivity contribution in [3.63, 3.8) is 0 Å². The number of fused-ring (bicyclic) bond motifs is 3. The molecule has 6 rings (SSSR count). The van der Waals surface area contributed by atoms with Gasteiger partial charge >= 0.3 is 0 Å². The van der Waals surface area contributed by atoms with E-state index in [1.807, 2.05) is 47.5 Å². The Morgan fingerprint density at radius 3 is 3.00 bits per heavy atom. The third-order valence-electron chi connectivity index (χ3n) is 6.70. The zero-order chi connectivity index (χ0) is 23.2. The van der Waals surface area contributed by atoms with Gasteiger partial charge in [0.05, 0.1) is 29.3 Å². The predicted molar refractivity (Wildman–Crippen MR) is 129 cm³/mol. The van der Waals surface area contributed by atoms with Crippen molar-refractivity contribution >= 4 is 22.4 Å². The van der Waals surface area contributed by atoms with Crippen molar-refractivity contribution in [1.82, 2.24) is 29.4 Å². The minimum Gasteiger partial charge on any atom is -0.458 e. The van der Waals surface area contributed by atoms with Gasteiger partial charge in [0, 0.05) is 36.8 Å². The number of pyridine rings is 1. The number of amides is 1. The molecule has 5 aromatic rings. The van der Waals surface area contributed by atoms with E-state index in [4.69, 9.17) is 4.42 Å². The Labute approximate surface area is 196 Å². The first-order valence-electron chi connectivity index (χ1n) is 11.6. The van der Waals surface area contributed by atoms with Crippen molar-refractivity contribution < 1.29 is 9.21 Å². The largest absolute Gasteiger partial charge is 0.458 e. The Kier molecular flexibility index (Phi) is 4.95. The van der Waals surface area contributed by atoms with Gasteiger partial charge in [0.25, 0.3) is 5.91 Å². The molecule has 0 fully saturated rings. The molecule has 1 aromatic carbocycles. The van der Waals surface area contributed by atoms with Crippen molar-refractivity contribution in [2.45, 2.75) is 25.9 Å². The van der Waals surface area contributed by atoms with Crippen LogP contribution in [0.15, 0.2) is 65.6 Å². The second-order valence-corrected chi connectivity index (χ2v) is 8.86. The number of H-pyrrole nitrogens is 1. The van der Waals surface area contributed by atoms with E-state index >= 15 is 0 Å². The average molecular weight is 455 g/mol. The van der Waals surface area contributed by atoms with Crippen molar-refractivity contribution in [2.75, 3.05) is 20.1 Å². The van der Waals surface area contributed by atoms with Gasteiger partial charge in [-0.2, -0.15) is 5.10 Å². The molecule has 5 heterocycles. The van der Waals surface area contributed by atoms with Gasteiger partial charge in [-0.15, -0.1) is 0 Å². The summed E-state index contributed by atoms with van der Waals surface area (Å²) in [6.45, 7) is 4.49. The summed E-state index contributed by atoms with van der Waals surface area (Å²) in [6.07, 6.45) is 6.07. The number of nitrogens with zero attached hydrogens (tertiary/aromatic N) is 5. The van der Waals surface area contributed by atoms with Crippen LogP contribution in [-0.2, 0) is 13.0 Å². The van der Waals surface area contributed by atoms with E-state index in [1.54, 1.807) is 17.0 Å². The zero-order valence-electron chi connectivity index (χ0n) is 19.2. The van der Waals surface area contributed by atoms with Crippen molar-refractivity contribution in [3.8, 4) is 0 Å². The van der Waals surface area contributed by atoms with Crippen molar-refractivity contribution in [3.05, 3.63) is 89.5 Å². The molecule has 1 amide bonds. The second-order valence-electron chi connectivity index (χ2n) is 8.86. The van der Waals surface area contributed by atoms with E-state index in [0.29, 0.717) is 24.3 Å². The van der Waals surface area contributed by atoms with Crippen LogP contribution in [0, 0.1) is 0 Å². The lowest BCUT2D eigenvalue weighted by atomic mass is 9.99. The number of para-hydroxylation sites is 1. The molecule has 0 spiro atoms. The summed E-state index contributed by atoms with van der Waals surface area (Å²) >= 11 is 0. The van der Waals surface area contributed by atoms with E-state index in [0.717, 1.165) is 46.5 Å². The van der Waals surface area contributed by atoms with Gasteiger partial charge in [0.15, 0.2) is 0 Å². The van der Waals surface area contributed by atoms with Gasteiger partial charge in [-0.05, 0) is 37.4 Å². The number of benzene rings is 1. The molecule has 34 heavy (non-hydrogen) atoms. The van der Waals surface area contributed by atoms with Crippen LogP contribution >= 0.6 is 0 Å². The molecule has 4 aromatic heterocycles. The van der Waals surface area contributed by atoms with Gasteiger partial charge in [0.1, 0.15) is 17.4 Å². The summed E-state index contributed by atoms with van der Waals surface area (Å²) in [6, 6.07) is 13.6. The van der Waals surface area contributed by atoms with Gasteiger partial charge in [-0.3, -0.25) is 4.79 Å². The molecule has 8 heteroatoms. The maximum Gasteiger partial charge on any atom is 0.258 e. The molecule has 0 saturated carbocycles. The summed E-state index contributed by atoms with van der Waals surface area (Å²) in [5, 5.41) is 5.51. The number of furan rings is 1. The Hall–Kier alpha value is -3.91. The SMILES string of the molecule is CCN(C)Cc1ccc2c(C(=O)N3CCc4[nH]cnc4[C@H]3c3cc4ccccc4o3)cnn2c1. The summed E-state index contributed by atoms with van der Waals surface area (Å²) in [7, 11) is 2.08. The number of aromatic nitrogens is 4. The first kappa shape index (κ1) is 20.7. The highest BCUT2D eigenvalue weighted by atomic mass is 16.3. The van der Waals surface area contributed by atoms with Gasteiger partial charge < -0.3 is 19.2 Å². The fourth-order valence-electron chi connectivity index (χ4n) is 4.78. The highest BCUT2D eigenvalue weighted by molar-refractivity contribution is 6.01. The topological polar surface area (TPSA) is 82.7 Å². The van der Waals surface area contributed by atoms with Crippen LogP contribution in [0.2, 0.25) is 0 Å². The maximum atomic E-state index is 13.9. The summed E-state index contributed by atoms with van der Waals surface area (Å²) in [5.41, 5.74) is 5.20. The molecule has 1 N–H and O–H groups in total. The Balaban J connectivity index is 1.39. The highest BCUT2D eigenvalue weighted by Gasteiger charge is 2.37. The minimum atomic E-state index is -0.401. The summed E-state index contributed by atoms with van der Waals surface area (Å²) in [5.74, 6) is 0.636. The van der Waals surface area contributed by atoms with Crippen molar-refractivity contribution in [1.29, 1.82) is 0 Å². The Bertz CT molecular complexity index is 1460. The molecule has 1 aliphatic rings. The Morgan fingerprint density at radius 2 is 2.15 bits per heavy atom. The number of imidazole rings is 1. The normalized spacial score (nSPS) is 16.0. The fraction of sp³-hybridized carbons (Fsp3) is 0.269. The predicted octanol–water partition coefficient (Wildman–Crippen LogP) is 4.04. The summed E-state index contributed by atoms with van der Waals surface area (Å²) in [4.78, 5) is 25.8. The van der Waals surface area contributed by atoms with E-state index in [2.05, 4.69) is 40.0 Å². The fourth-order valence-corrected chi connectivity index (χ4v) is 4.78. The van der Waals surface area contributed by atoms with Gasteiger partial charge in [-0.25, -0.2) is 9.50 Å². The van der Waals surface area contributed by atoms with Crippen LogP contribution < -0.4 is 0 Å². The lowest BCUT2D eigenvalue weighted by Gasteiger charge is -2.33. The number of hydrogen-bond donors (Lipinski definition) is 1. The number of carbonyl (C=O) groups is 1. The van der Waals surface area contributed by atoms with Gasteiger partial charge in [0.2, 0.25) is 0 Å². The quantitative estimate of drug-likeness (QED) is 0.433. The second kappa shape index (κ2) is 8.14. The number of rotatable bonds is 5. The first-order valence-corrected chi connectivity index (χ1v) is 11.6. The van der Waals surface area contributed by atoms with E-state index in [9.17, 15) is 4.79 Å². The maximum absolute atomic E-state index is 13.9. The molecule has 1 atom stereocenters. The lowest BCUT2D eigenvalue weighted by Crippen LogP contribution is -2.40.